The Bertz CT molecular complexity index is 690. The fraction of sp³-hybridized carbons (Fsp3) is 0.312. The molecule has 22 heavy (non-hydrogen) atoms. The van der Waals surface area contributed by atoms with Crippen molar-refractivity contribution in [3.05, 3.63) is 42.5 Å². The van der Waals surface area contributed by atoms with Crippen LogP contribution in [-0.2, 0) is 14.8 Å². The van der Waals surface area contributed by atoms with Crippen LogP contribution in [0.4, 0.5) is 5.69 Å². The Morgan fingerprint density at radius 3 is 2.64 bits per heavy atom. The molecule has 118 valence electrons. The van der Waals surface area contributed by atoms with Gasteiger partial charge in [-0.2, -0.15) is 0 Å². The van der Waals surface area contributed by atoms with Crippen molar-refractivity contribution >= 4 is 21.6 Å². The zero-order valence-corrected chi connectivity index (χ0v) is 13.6. The summed E-state index contributed by atoms with van der Waals surface area (Å²) in [7, 11) is -3.58. The van der Waals surface area contributed by atoms with Crippen LogP contribution in [0.3, 0.4) is 0 Å². The van der Waals surface area contributed by atoms with Gasteiger partial charge in [0.2, 0.25) is 15.9 Å². The molecule has 6 heteroatoms. The molecule has 0 spiro atoms. The van der Waals surface area contributed by atoms with Gasteiger partial charge in [0, 0.05) is 6.54 Å². The van der Waals surface area contributed by atoms with Gasteiger partial charge in [0.05, 0.1) is 18.5 Å². The SMILES string of the molecule is C#CCN(CC=C)C(=O)CN(c1cccc(C)c1)S(C)(=O)=O. The quantitative estimate of drug-likeness (QED) is 0.564. The van der Waals surface area contributed by atoms with Crippen LogP contribution in [0.1, 0.15) is 5.56 Å². The van der Waals surface area contributed by atoms with E-state index in [1.807, 2.05) is 13.0 Å². The highest BCUT2D eigenvalue weighted by Gasteiger charge is 2.23. The minimum atomic E-state index is -3.58. The summed E-state index contributed by atoms with van der Waals surface area (Å²) in [5.41, 5.74) is 1.36. The number of terminal acetylenes is 1. The number of benzene rings is 1. The number of hydrogen-bond acceptors (Lipinski definition) is 3. The number of aryl methyl sites for hydroxylation is 1. The zero-order chi connectivity index (χ0) is 16.8. The van der Waals surface area contributed by atoms with Crippen LogP contribution in [0.15, 0.2) is 36.9 Å². The normalized spacial score (nSPS) is 10.6. The average Bonchev–Trinajstić information content (AvgIpc) is 2.43. The zero-order valence-electron chi connectivity index (χ0n) is 12.8. The molecule has 0 heterocycles. The van der Waals surface area contributed by atoms with Crippen molar-refractivity contribution in [3.8, 4) is 12.3 Å². The molecule has 0 saturated heterocycles. The molecule has 1 aromatic carbocycles. The van der Waals surface area contributed by atoms with E-state index in [4.69, 9.17) is 6.42 Å². The summed E-state index contributed by atoms with van der Waals surface area (Å²) < 4.78 is 25.1. The summed E-state index contributed by atoms with van der Waals surface area (Å²) in [6.07, 6.45) is 7.85. The summed E-state index contributed by atoms with van der Waals surface area (Å²) in [5.74, 6) is 2.01. The second-order valence-corrected chi connectivity index (χ2v) is 6.78. The van der Waals surface area contributed by atoms with Crippen LogP contribution in [-0.4, -0.2) is 45.1 Å². The van der Waals surface area contributed by atoms with Gasteiger partial charge in [-0.25, -0.2) is 8.42 Å². The highest BCUT2D eigenvalue weighted by atomic mass is 32.2. The van der Waals surface area contributed by atoms with Crippen molar-refractivity contribution in [1.82, 2.24) is 4.90 Å². The summed E-state index contributed by atoms with van der Waals surface area (Å²) in [4.78, 5) is 13.7. The third-order valence-corrected chi connectivity index (χ3v) is 4.09. The lowest BCUT2D eigenvalue weighted by molar-refractivity contribution is -0.128. The van der Waals surface area contributed by atoms with Gasteiger partial charge >= 0.3 is 0 Å². The molecule has 0 atom stereocenters. The molecule has 1 rings (SSSR count). The fourth-order valence-corrected chi connectivity index (χ4v) is 2.77. The lowest BCUT2D eigenvalue weighted by atomic mass is 10.2. The van der Waals surface area contributed by atoms with Crippen molar-refractivity contribution in [2.75, 3.05) is 30.2 Å². The fourth-order valence-electron chi connectivity index (χ4n) is 1.93. The van der Waals surface area contributed by atoms with Gasteiger partial charge in [-0.05, 0) is 24.6 Å². The van der Waals surface area contributed by atoms with Gasteiger partial charge in [-0.15, -0.1) is 13.0 Å². The van der Waals surface area contributed by atoms with E-state index in [0.29, 0.717) is 5.69 Å². The molecule has 1 aromatic rings. The van der Waals surface area contributed by atoms with Crippen LogP contribution in [0.25, 0.3) is 0 Å². The van der Waals surface area contributed by atoms with Gasteiger partial charge in [-0.3, -0.25) is 9.10 Å². The molecule has 0 fully saturated rings. The molecule has 0 aromatic heterocycles. The maximum absolute atomic E-state index is 12.3. The van der Waals surface area contributed by atoms with E-state index >= 15 is 0 Å². The molecular formula is C16H20N2O3S. The molecule has 5 nitrogen and oxygen atoms in total. The van der Waals surface area contributed by atoms with E-state index in [0.717, 1.165) is 16.1 Å². The molecule has 0 aliphatic rings. The van der Waals surface area contributed by atoms with Gasteiger partial charge < -0.3 is 4.90 Å². The number of anilines is 1. The number of hydrogen-bond donors (Lipinski definition) is 0. The Balaban J connectivity index is 3.08. The number of amides is 1. The third kappa shape index (κ3) is 4.93. The minimum Gasteiger partial charge on any atom is -0.326 e. The van der Waals surface area contributed by atoms with Gasteiger partial charge in [-0.1, -0.05) is 24.1 Å². The Hall–Kier alpha value is -2.26. The van der Waals surface area contributed by atoms with Crippen LogP contribution in [0, 0.1) is 19.3 Å². The second kappa shape index (κ2) is 7.66. The van der Waals surface area contributed by atoms with E-state index < -0.39 is 10.0 Å². The first-order chi connectivity index (χ1) is 10.3. The number of nitrogens with zero attached hydrogens (tertiary/aromatic N) is 2. The van der Waals surface area contributed by atoms with Crippen LogP contribution in [0.5, 0.6) is 0 Å². The Labute approximate surface area is 132 Å². The average molecular weight is 320 g/mol. The molecule has 0 aliphatic heterocycles. The largest absolute Gasteiger partial charge is 0.326 e. The predicted octanol–water partition coefficient (Wildman–Crippen LogP) is 1.41. The van der Waals surface area contributed by atoms with Crippen LogP contribution >= 0.6 is 0 Å². The number of carbonyl (C=O) groups excluding carboxylic acids is 1. The standard InChI is InChI=1S/C16H20N2O3S/c1-5-10-17(11-6-2)16(19)13-18(22(4,20)21)15-9-7-8-14(3)12-15/h1,6-9,12H,2,10-11,13H2,3-4H3. The molecule has 0 bridgehead atoms. The van der Waals surface area contributed by atoms with Crippen molar-refractivity contribution in [3.63, 3.8) is 0 Å². The highest BCUT2D eigenvalue weighted by molar-refractivity contribution is 7.92. The maximum Gasteiger partial charge on any atom is 0.244 e. The maximum atomic E-state index is 12.3. The molecule has 0 N–H and O–H groups in total. The Morgan fingerprint density at radius 1 is 1.45 bits per heavy atom. The van der Waals surface area contributed by atoms with Crippen molar-refractivity contribution in [2.45, 2.75) is 6.92 Å². The Morgan fingerprint density at radius 2 is 2.14 bits per heavy atom. The van der Waals surface area contributed by atoms with Crippen molar-refractivity contribution < 1.29 is 13.2 Å². The molecule has 0 saturated carbocycles. The summed E-state index contributed by atoms with van der Waals surface area (Å²) in [5, 5.41) is 0. The minimum absolute atomic E-state index is 0.107. The highest BCUT2D eigenvalue weighted by Crippen LogP contribution is 2.19. The summed E-state index contributed by atoms with van der Waals surface area (Å²) in [6, 6.07) is 6.97. The van der Waals surface area contributed by atoms with Crippen LogP contribution < -0.4 is 4.31 Å². The van der Waals surface area contributed by atoms with E-state index in [1.54, 1.807) is 24.3 Å². The smallest absolute Gasteiger partial charge is 0.244 e. The number of sulfonamides is 1. The summed E-state index contributed by atoms with van der Waals surface area (Å²) in [6.45, 7) is 5.51. The van der Waals surface area contributed by atoms with Crippen molar-refractivity contribution in [1.29, 1.82) is 0 Å². The Kier molecular flexibility index (Phi) is 6.20. The topological polar surface area (TPSA) is 57.7 Å². The van der Waals surface area contributed by atoms with E-state index in [2.05, 4.69) is 12.5 Å². The van der Waals surface area contributed by atoms with E-state index in [-0.39, 0.29) is 25.5 Å². The van der Waals surface area contributed by atoms with E-state index in [1.165, 1.54) is 4.90 Å². The number of rotatable bonds is 7. The first-order valence-electron chi connectivity index (χ1n) is 6.66. The molecule has 1 amide bonds. The van der Waals surface area contributed by atoms with E-state index in [9.17, 15) is 13.2 Å². The molecular weight excluding hydrogens is 300 g/mol. The molecule has 0 unspecified atom stereocenters. The third-order valence-electron chi connectivity index (χ3n) is 2.95. The predicted molar refractivity (Wildman–Crippen MR) is 89.0 cm³/mol. The van der Waals surface area contributed by atoms with Gasteiger partial charge in [0.1, 0.15) is 6.54 Å². The monoisotopic (exact) mass is 320 g/mol. The summed E-state index contributed by atoms with van der Waals surface area (Å²) >= 11 is 0. The number of carbonyl (C=O) groups is 1. The molecule has 0 aliphatic carbocycles. The second-order valence-electron chi connectivity index (χ2n) is 4.88. The van der Waals surface area contributed by atoms with Crippen molar-refractivity contribution in [2.24, 2.45) is 0 Å². The first-order valence-corrected chi connectivity index (χ1v) is 8.51. The lowest BCUT2D eigenvalue weighted by Gasteiger charge is -2.26. The van der Waals surface area contributed by atoms with Gasteiger partial charge in [0.15, 0.2) is 0 Å². The van der Waals surface area contributed by atoms with Gasteiger partial charge in [0.25, 0.3) is 0 Å². The molecule has 0 radical (unpaired) electrons. The first kappa shape index (κ1) is 17.8. The lowest BCUT2D eigenvalue weighted by Crippen LogP contribution is -2.43. The van der Waals surface area contributed by atoms with Crippen LogP contribution in [0.2, 0.25) is 0 Å².